The fourth-order valence-electron chi connectivity index (χ4n) is 6.18. The molecule has 6 heteroatoms. The van der Waals surface area contributed by atoms with Crippen molar-refractivity contribution in [2.75, 3.05) is 13.2 Å². The zero-order valence-electron chi connectivity index (χ0n) is 38.7. The molecule has 0 rings (SSSR count). The van der Waals surface area contributed by atoms with E-state index in [1.807, 2.05) is 12.2 Å². The first-order valence-electron chi connectivity index (χ1n) is 24.2. The van der Waals surface area contributed by atoms with Gasteiger partial charge in [-0.1, -0.05) is 189 Å². The maximum absolute atomic E-state index is 12.7. The van der Waals surface area contributed by atoms with Crippen molar-refractivity contribution in [2.45, 2.75) is 213 Å². The minimum atomic E-state index is -0.843. The van der Waals surface area contributed by atoms with Crippen molar-refractivity contribution in [3.05, 3.63) is 97.2 Å². The lowest BCUT2D eigenvalue weighted by Crippen LogP contribution is -2.30. The summed E-state index contributed by atoms with van der Waals surface area (Å²) < 4.78 is 16.6. The Balaban J connectivity index is 4.58. The molecule has 0 radical (unpaired) electrons. The van der Waals surface area contributed by atoms with Gasteiger partial charge in [-0.25, -0.2) is 0 Å². The molecule has 60 heavy (non-hydrogen) atoms. The predicted molar refractivity (Wildman–Crippen MR) is 256 cm³/mol. The molecule has 6 nitrogen and oxygen atoms in total. The van der Waals surface area contributed by atoms with E-state index in [9.17, 15) is 14.4 Å². The summed E-state index contributed by atoms with van der Waals surface area (Å²) in [5.41, 5.74) is 0. The van der Waals surface area contributed by atoms with Crippen LogP contribution in [0.4, 0.5) is 0 Å². The standard InChI is InChI=1S/C54H88O6/c1-4-7-10-13-16-19-22-25-26-27-30-32-35-38-41-44-47-53(56)59-50-51(60-54(57)48-45-42-39-36-33-29-24-21-18-15-12-9-6-3)49-58-52(55)46-43-40-37-34-31-28-23-20-17-14-11-8-5-2/h7,10,16,19,25-26,28-33,37,39-40,42,51H,4-6,8-9,11-15,17-18,20-24,27,34-36,38,41,43-50H2,1-3H3/b10-7+,19-16+,26-25+,31-28+,32-30+,33-29+,40-37+,42-39+. The number of carbonyl (C=O) groups excluding carboxylic acids is 3. The summed E-state index contributed by atoms with van der Waals surface area (Å²) in [5.74, 6) is -1.11. The van der Waals surface area contributed by atoms with Crippen LogP contribution in [-0.4, -0.2) is 37.2 Å². The lowest BCUT2D eigenvalue weighted by molar-refractivity contribution is -0.166. The number of hydrogen-bond acceptors (Lipinski definition) is 6. The number of esters is 3. The summed E-state index contributed by atoms with van der Waals surface area (Å²) in [6, 6.07) is 0. The van der Waals surface area contributed by atoms with Crippen molar-refractivity contribution in [1.82, 2.24) is 0 Å². The Labute approximate surface area is 368 Å². The van der Waals surface area contributed by atoms with Crippen LogP contribution in [0.25, 0.3) is 0 Å². The van der Waals surface area contributed by atoms with Crippen LogP contribution < -0.4 is 0 Å². The van der Waals surface area contributed by atoms with E-state index in [4.69, 9.17) is 14.2 Å². The molecule has 1 unspecified atom stereocenters. The van der Waals surface area contributed by atoms with Gasteiger partial charge in [0, 0.05) is 19.3 Å². The van der Waals surface area contributed by atoms with Crippen LogP contribution in [0.2, 0.25) is 0 Å². The van der Waals surface area contributed by atoms with Gasteiger partial charge in [0.25, 0.3) is 0 Å². The zero-order chi connectivity index (χ0) is 43.7. The first-order valence-corrected chi connectivity index (χ1v) is 24.2. The molecule has 0 amide bonds. The molecule has 0 N–H and O–H groups in total. The highest BCUT2D eigenvalue weighted by Crippen LogP contribution is 2.11. The highest BCUT2D eigenvalue weighted by molar-refractivity contribution is 5.71. The van der Waals surface area contributed by atoms with E-state index in [1.165, 1.54) is 77.0 Å². The summed E-state index contributed by atoms with van der Waals surface area (Å²) in [5, 5.41) is 0. The van der Waals surface area contributed by atoms with Gasteiger partial charge in [-0.2, -0.15) is 0 Å². The molecule has 0 spiro atoms. The van der Waals surface area contributed by atoms with E-state index in [1.54, 1.807) is 0 Å². The third-order valence-corrected chi connectivity index (χ3v) is 9.82. The smallest absolute Gasteiger partial charge is 0.306 e. The lowest BCUT2D eigenvalue weighted by atomic mass is 10.1. The van der Waals surface area contributed by atoms with Gasteiger partial charge in [-0.3, -0.25) is 14.4 Å². The number of unbranched alkanes of at least 4 members (excludes halogenated alkanes) is 15. The molecular weight excluding hydrogens is 745 g/mol. The monoisotopic (exact) mass is 833 g/mol. The Morgan fingerprint density at radius 2 is 0.683 bits per heavy atom. The lowest BCUT2D eigenvalue weighted by Gasteiger charge is -2.18. The molecule has 0 aromatic heterocycles. The molecule has 0 saturated heterocycles. The molecule has 0 fully saturated rings. The Hall–Kier alpha value is -3.67. The van der Waals surface area contributed by atoms with Crippen molar-refractivity contribution < 1.29 is 28.6 Å². The van der Waals surface area contributed by atoms with Gasteiger partial charge in [0.1, 0.15) is 13.2 Å². The van der Waals surface area contributed by atoms with Gasteiger partial charge < -0.3 is 14.2 Å². The van der Waals surface area contributed by atoms with Crippen LogP contribution in [0.15, 0.2) is 97.2 Å². The molecule has 0 bridgehead atoms. The fraction of sp³-hybridized carbons (Fsp3) is 0.648. The van der Waals surface area contributed by atoms with E-state index in [2.05, 4.69) is 106 Å². The van der Waals surface area contributed by atoms with Crippen LogP contribution in [0, 0.1) is 0 Å². The third kappa shape index (κ3) is 45.4. The van der Waals surface area contributed by atoms with Crippen LogP contribution in [0.3, 0.4) is 0 Å². The molecule has 0 saturated carbocycles. The third-order valence-electron chi connectivity index (χ3n) is 9.82. The van der Waals surface area contributed by atoms with E-state index >= 15 is 0 Å². The molecule has 340 valence electrons. The van der Waals surface area contributed by atoms with Crippen molar-refractivity contribution in [3.8, 4) is 0 Å². The van der Waals surface area contributed by atoms with Crippen molar-refractivity contribution in [2.24, 2.45) is 0 Å². The molecule has 0 heterocycles. The average Bonchev–Trinajstić information content (AvgIpc) is 3.24. The maximum atomic E-state index is 12.7. The maximum Gasteiger partial charge on any atom is 0.306 e. The van der Waals surface area contributed by atoms with Gasteiger partial charge in [0.15, 0.2) is 6.10 Å². The normalized spacial score (nSPS) is 12.9. The van der Waals surface area contributed by atoms with Crippen LogP contribution in [0.5, 0.6) is 0 Å². The molecule has 0 aliphatic rings. The predicted octanol–water partition coefficient (Wildman–Crippen LogP) is 15.8. The minimum absolute atomic E-state index is 0.135. The van der Waals surface area contributed by atoms with E-state index in [-0.39, 0.29) is 38.0 Å². The highest BCUT2D eigenvalue weighted by Gasteiger charge is 2.19. The second kappa shape index (κ2) is 48.0. The second-order valence-electron chi connectivity index (χ2n) is 15.6. The van der Waals surface area contributed by atoms with Crippen molar-refractivity contribution in [3.63, 3.8) is 0 Å². The second-order valence-corrected chi connectivity index (χ2v) is 15.6. The Kier molecular flexibility index (Phi) is 45.1. The molecule has 0 aliphatic heterocycles. The summed E-state index contributed by atoms with van der Waals surface area (Å²) in [6.07, 6.45) is 62.7. The number of allylic oxidation sites excluding steroid dienone is 16. The highest BCUT2D eigenvalue weighted by atomic mass is 16.6. The van der Waals surface area contributed by atoms with E-state index in [0.717, 1.165) is 77.0 Å². The quantitative estimate of drug-likeness (QED) is 0.0264. The molecule has 0 aromatic carbocycles. The largest absolute Gasteiger partial charge is 0.462 e. The van der Waals surface area contributed by atoms with Crippen LogP contribution in [0.1, 0.15) is 207 Å². The minimum Gasteiger partial charge on any atom is -0.462 e. The first-order chi connectivity index (χ1) is 29.5. The fourth-order valence-corrected chi connectivity index (χ4v) is 6.18. The van der Waals surface area contributed by atoms with Gasteiger partial charge in [-0.05, 0) is 96.3 Å². The van der Waals surface area contributed by atoms with Crippen molar-refractivity contribution in [1.29, 1.82) is 0 Å². The SMILES string of the molecule is CC/C=C/C/C=C/C/C=C/C/C=C/CCCCCC(=O)OCC(COC(=O)CC/C=C/C/C=C/CCCCCCCC)OC(=O)CC/C=C/C/C=C/CCCCCCCC. The van der Waals surface area contributed by atoms with Gasteiger partial charge in [-0.15, -0.1) is 0 Å². The molecule has 0 aromatic rings. The molecule has 0 aliphatic carbocycles. The van der Waals surface area contributed by atoms with Crippen LogP contribution in [-0.2, 0) is 28.6 Å². The summed E-state index contributed by atoms with van der Waals surface area (Å²) in [7, 11) is 0. The Bertz CT molecular complexity index is 1230. The zero-order valence-corrected chi connectivity index (χ0v) is 38.7. The van der Waals surface area contributed by atoms with E-state index < -0.39 is 12.1 Å². The van der Waals surface area contributed by atoms with Gasteiger partial charge in [0.05, 0.1) is 0 Å². The number of ether oxygens (including phenoxy) is 3. The molecular formula is C54H88O6. The topological polar surface area (TPSA) is 78.9 Å². The average molecular weight is 833 g/mol. The first kappa shape index (κ1) is 56.3. The summed E-state index contributed by atoms with van der Waals surface area (Å²) >= 11 is 0. The van der Waals surface area contributed by atoms with Crippen molar-refractivity contribution >= 4 is 17.9 Å². The molecule has 1 atom stereocenters. The van der Waals surface area contributed by atoms with Gasteiger partial charge >= 0.3 is 17.9 Å². The summed E-state index contributed by atoms with van der Waals surface area (Å²) in [6.45, 7) is 6.35. The Morgan fingerprint density at radius 1 is 0.350 bits per heavy atom. The number of carbonyl (C=O) groups is 3. The Morgan fingerprint density at radius 3 is 1.12 bits per heavy atom. The number of hydrogen-bond donors (Lipinski definition) is 0. The number of rotatable bonds is 42. The van der Waals surface area contributed by atoms with E-state index in [0.29, 0.717) is 19.3 Å². The van der Waals surface area contributed by atoms with Crippen LogP contribution >= 0.6 is 0 Å². The van der Waals surface area contributed by atoms with Gasteiger partial charge in [0.2, 0.25) is 0 Å². The summed E-state index contributed by atoms with van der Waals surface area (Å²) in [4.78, 5) is 37.8.